The molecule has 0 atom stereocenters. The highest BCUT2D eigenvalue weighted by Gasteiger charge is 2.06. The van der Waals surface area contributed by atoms with E-state index < -0.39 is 11.6 Å². The Hall–Kier alpha value is -1.61. The molecule has 2 rings (SSSR count). The van der Waals surface area contributed by atoms with Crippen molar-refractivity contribution in [1.29, 1.82) is 0 Å². The maximum atomic E-state index is 13.4. The summed E-state index contributed by atoms with van der Waals surface area (Å²) in [5.74, 6) is -1.24. The fourth-order valence-corrected chi connectivity index (χ4v) is 1.65. The monoisotopic (exact) mass is 253 g/mol. The molecule has 1 nitrogen and oxygen atoms in total. The average molecular weight is 254 g/mol. The van der Waals surface area contributed by atoms with E-state index >= 15 is 0 Å². The normalized spacial score (nSPS) is 10.4. The molecule has 0 saturated heterocycles. The first-order valence-electron chi connectivity index (χ1n) is 5.05. The molecular weight excluding hydrogens is 244 g/mol. The smallest absolute Gasteiger partial charge is 0.149 e. The zero-order chi connectivity index (χ0) is 12.4. The van der Waals surface area contributed by atoms with E-state index in [0.29, 0.717) is 10.7 Å². The molecule has 0 radical (unpaired) electrons. The molecule has 88 valence electrons. The number of anilines is 2. The maximum absolute atomic E-state index is 13.4. The lowest BCUT2D eigenvalue weighted by Crippen LogP contribution is -1.96. The van der Waals surface area contributed by atoms with Crippen LogP contribution in [-0.4, -0.2) is 0 Å². The lowest BCUT2D eigenvalue weighted by atomic mass is 10.2. The van der Waals surface area contributed by atoms with Crippen LogP contribution >= 0.6 is 11.6 Å². The molecule has 0 aromatic heterocycles. The molecule has 0 aliphatic heterocycles. The molecule has 4 heteroatoms. The van der Waals surface area contributed by atoms with Crippen LogP contribution in [0, 0.1) is 18.6 Å². The number of rotatable bonds is 2. The molecule has 0 amide bonds. The molecule has 0 spiro atoms. The summed E-state index contributed by atoms with van der Waals surface area (Å²) in [4.78, 5) is 0. The highest BCUT2D eigenvalue weighted by Crippen LogP contribution is 2.27. The van der Waals surface area contributed by atoms with Gasteiger partial charge in [0.25, 0.3) is 0 Å². The van der Waals surface area contributed by atoms with E-state index in [-0.39, 0.29) is 5.69 Å². The number of benzene rings is 2. The Morgan fingerprint density at radius 3 is 2.53 bits per heavy atom. The first-order valence-corrected chi connectivity index (χ1v) is 5.43. The molecular formula is C13H10ClF2N. The van der Waals surface area contributed by atoms with E-state index in [1.807, 2.05) is 6.92 Å². The number of halogens is 3. The van der Waals surface area contributed by atoms with Crippen LogP contribution in [-0.2, 0) is 0 Å². The van der Waals surface area contributed by atoms with Gasteiger partial charge in [-0.2, -0.15) is 0 Å². The van der Waals surface area contributed by atoms with Crippen molar-refractivity contribution in [2.75, 3.05) is 5.32 Å². The van der Waals surface area contributed by atoms with E-state index in [1.165, 1.54) is 12.1 Å². The summed E-state index contributed by atoms with van der Waals surface area (Å²) in [5, 5.41) is 3.48. The van der Waals surface area contributed by atoms with Gasteiger partial charge in [-0.25, -0.2) is 8.78 Å². The summed E-state index contributed by atoms with van der Waals surface area (Å²) in [5.41, 5.74) is 1.73. The SMILES string of the molecule is Cc1c(Cl)cccc1Nc1ccc(F)cc1F. The second kappa shape index (κ2) is 4.72. The van der Waals surface area contributed by atoms with E-state index in [9.17, 15) is 8.78 Å². The Morgan fingerprint density at radius 2 is 1.82 bits per heavy atom. The topological polar surface area (TPSA) is 12.0 Å². The van der Waals surface area contributed by atoms with Crippen LogP contribution in [0.1, 0.15) is 5.56 Å². The lowest BCUT2D eigenvalue weighted by molar-refractivity contribution is 0.586. The van der Waals surface area contributed by atoms with Gasteiger partial charge in [0.05, 0.1) is 5.69 Å². The van der Waals surface area contributed by atoms with Crippen LogP contribution in [0.5, 0.6) is 0 Å². The zero-order valence-electron chi connectivity index (χ0n) is 9.10. The predicted molar refractivity (Wildman–Crippen MR) is 65.8 cm³/mol. The second-order valence-electron chi connectivity index (χ2n) is 3.66. The van der Waals surface area contributed by atoms with E-state index in [2.05, 4.69) is 5.32 Å². The first-order chi connectivity index (χ1) is 8.08. The van der Waals surface area contributed by atoms with Crippen molar-refractivity contribution >= 4 is 23.0 Å². The van der Waals surface area contributed by atoms with Crippen molar-refractivity contribution in [3.8, 4) is 0 Å². The maximum Gasteiger partial charge on any atom is 0.149 e. The quantitative estimate of drug-likeness (QED) is 0.820. The molecule has 0 unspecified atom stereocenters. The third-order valence-electron chi connectivity index (χ3n) is 2.47. The standard InChI is InChI=1S/C13H10ClF2N/c1-8-10(14)3-2-4-12(8)17-13-6-5-9(15)7-11(13)16/h2-7,17H,1H3. The minimum absolute atomic E-state index is 0.219. The molecule has 0 heterocycles. The van der Waals surface area contributed by atoms with Gasteiger partial charge in [0.1, 0.15) is 11.6 Å². The van der Waals surface area contributed by atoms with Crippen molar-refractivity contribution in [1.82, 2.24) is 0 Å². The Labute approximate surface area is 103 Å². The Bertz CT molecular complexity index is 555. The zero-order valence-corrected chi connectivity index (χ0v) is 9.85. The van der Waals surface area contributed by atoms with Gasteiger partial charge < -0.3 is 5.32 Å². The molecule has 0 fully saturated rings. The highest BCUT2D eigenvalue weighted by molar-refractivity contribution is 6.31. The molecule has 2 aromatic carbocycles. The van der Waals surface area contributed by atoms with Gasteiger partial charge in [-0.05, 0) is 36.8 Å². The van der Waals surface area contributed by atoms with Gasteiger partial charge in [-0.15, -0.1) is 0 Å². The third-order valence-corrected chi connectivity index (χ3v) is 2.88. The van der Waals surface area contributed by atoms with E-state index in [1.54, 1.807) is 18.2 Å². The molecule has 0 saturated carbocycles. The lowest BCUT2D eigenvalue weighted by Gasteiger charge is -2.11. The van der Waals surface area contributed by atoms with Gasteiger partial charge in [-0.1, -0.05) is 17.7 Å². The Morgan fingerprint density at radius 1 is 1.06 bits per heavy atom. The number of nitrogens with one attached hydrogen (secondary N) is 1. The number of hydrogen-bond donors (Lipinski definition) is 1. The van der Waals surface area contributed by atoms with Crippen LogP contribution in [0.2, 0.25) is 5.02 Å². The van der Waals surface area contributed by atoms with Crippen molar-refractivity contribution in [2.45, 2.75) is 6.92 Å². The molecule has 2 aromatic rings. The van der Waals surface area contributed by atoms with E-state index in [0.717, 1.165) is 11.6 Å². The molecule has 0 aliphatic rings. The van der Waals surface area contributed by atoms with Gasteiger partial charge in [-0.3, -0.25) is 0 Å². The summed E-state index contributed by atoms with van der Waals surface area (Å²) in [6, 6.07) is 8.69. The fraction of sp³-hybridized carbons (Fsp3) is 0.0769. The molecule has 1 N–H and O–H groups in total. The second-order valence-corrected chi connectivity index (χ2v) is 4.07. The van der Waals surface area contributed by atoms with Crippen LogP contribution in [0.15, 0.2) is 36.4 Å². The van der Waals surface area contributed by atoms with Crippen molar-refractivity contribution in [3.05, 3.63) is 58.6 Å². The average Bonchev–Trinajstić information content (AvgIpc) is 2.28. The van der Waals surface area contributed by atoms with Gasteiger partial charge >= 0.3 is 0 Å². The summed E-state index contributed by atoms with van der Waals surface area (Å²) < 4.78 is 26.2. The van der Waals surface area contributed by atoms with Gasteiger partial charge in [0, 0.05) is 16.8 Å². The highest BCUT2D eigenvalue weighted by atomic mass is 35.5. The van der Waals surface area contributed by atoms with Gasteiger partial charge in [0.2, 0.25) is 0 Å². The molecule has 0 bridgehead atoms. The van der Waals surface area contributed by atoms with Crippen molar-refractivity contribution < 1.29 is 8.78 Å². The Balaban J connectivity index is 2.35. The predicted octanol–water partition coefficient (Wildman–Crippen LogP) is 4.67. The van der Waals surface area contributed by atoms with E-state index in [4.69, 9.17) is 11.6 Å². The summed E-state index contributed by atoms with van der Waals surface area (Å²) in [7, 11) is 0. The van der Waals surface area contributed by atoms with Crippen LogP contribution in [0.4, 0.5) is 20.2 Å². The van der Waals surface area contributed by atoms with Crippen molar-refractivity contribution in [2.24, 2.45) is 0 Å². The molecule has 17 heavy (non-hydrogen) atoms. The first kappa shape index (κ1) is 11.9. The summed E-state index contributed by atoms with van der Waals surface area (Å²) in [6.45, 7) is 1.83. The number of hydrogen-bond acceptors (Lipinski definition) is 1. The van der Waals surface area contributed by atoms with Gasteiger partial charge in [0.15, 0.2) is 0 Å². The van der Waals surface area contributed by atoms with Crippen LogP contribution in [0.3, 0.4) is 0 Å². The minimum atomic E-state index is -0.635. The Kier molecular flexibility index (Phi) is 3.29. The summed E-state index contributed by atoms with van der Waals surface area (Å²) in [6.07, 6.45) is 0. The molecule has 0 aliphatic carbocycles. The van der Waals surface area contributed by atoms with Crippen molar-refractivity contribution in [3.63, 3.8) is 0 Å². The largest absolute Gasteiger partial charge is 0.353 e. The third kappa shape index (κ3) is 2.56. The van der Waals surface area contributed by atoms with Crippen LogP contribution < -0.4 is 5.32 Å². The van der Waals surface area contributed by atoms with Crippen LogP contribution in [0.25, 0.3) is 0 Å². The summed E-state index contributed by atoms with van der Waals surface area (Å²) >= 11 is 5.95. The fourth-order valence-electron chi connectivity index (χ4n) is 1.48. The minimum Gasteiger partial charge on any atom is -0.353 e.